The zero-order chi connectivity index (χ0) is 27.4. The average molecular weight is 532 g/mol. The van der Waals surface area contributed by atoms with Crippen LogP contribution in [0.4, 0.5) is 5.69 Å². The van der Waals surface area contributed by atoms with Gasteiger partial charge in [0.25, 0.3) is 0 Å². The van der Waals surface area contributed by atoms with E-state index in [0.717, 1.165) is 55.0 Å². The van der Waals surface area contributed by atoms with Crippen LogP contribution in [-0.4, -0.2) is 90.4 Å². The lowest BCUT2D eigenvalue weighted by Gasteiger charge is -2.32. The van der Waals surface area contributed by atoms with Crippen LogP contribution in [-0.2, 0) is 19.1 Å². The summed E-state index contributed by atoms with van der Waals surface area (Å²) in [7, 11) is 2.14. The van der Waals surface area contributed by atoms with E-state index < -0.39 is 17.7 Å². The molecule has 0 spiro atoms. The number of fused-ring (bicyclic) bond motifs is 1. The van der Waals surface area contributed by atoms with Crippen molar-refractivity contribution in [3.63, 3.8) is 0 Å². The third-order valence-corrected chi connectivity index (χ3v) is 6.93. The van der Waals surface area contributed by atoms with Crippen LogP contribution in [0.15, 0.2) is 53.5 Å². The molecule has 10 heteroatoms. The molecule has 2 fully saturated rings. The van der Waals surface area contributed by atoms with Crippen molar-refractivity contribution in [1.29, 1.82) is 0 Å². The second-order valence-corrected chi connectivity index (χ2v) is 9.70. The van der Waals surface area contributed by atoms with Crippen LogP contribution in [0.2, 0.25) is 0 Å². The summed E-state index contributed by atoms with van der Waals surface area (Å²) in [4.78, 5) is 42.7. The summed E-state index contributed by atoms with van der Waals surface area (Å²) in [5, 5.41) is 0.832. The van der Waals surface area contributed by atoms with Crippen LogP contribution in [0.5, 0.6) is 5.75 Å². The molecule has 0 saturated carbocycles. The van der Waals surface area contributed by atoms with Crippen molar-refractivity contribution in [1.82, 2.24) is 19.8 Å². The SMILES string of the molecule is CCOC(=O)C1C(=O)/C(=C/c2c[nH]c3ncccc23)OC1=Nc1ccc(OCCN2CCN(C)CC2)cc1C. The van der Waals surface area contributed by atoms with Crippen molar-refractivity contribution in [3.05, 3.63) is 59.6 Å². The number of nitrogens with zero attached hydrogens (tertiary/aromatic N) is 4. The van der Waals surface area contributed by atoms with Crippen LogP contribution in [0.1, 0.15) is 18.1 Å². The Labute approximate surface area is 227 Å². The van der Waals surface area contributed by atoms with Crippen LogP contribution in [0.3, 0.4) is 0 Å². The molecule has 4 heterocycles. The van der Waals surface area contributed by atoms with E-state index >= 15 is 0 Å². The fraction of sp³-hybridized carbons (Fsp3) is 0.379. The predicted octanol–water partition coefficient (Wildman–Crippen LogP) is 3.35. The minimum atomic E-state index is -1.27. The Morgan fingerprint density at radius 1 is 1.26 bits per heavy atom. The number of H-pyrrole nitrogens is 1. The number of allylic oxidation sites excluding steroid dienone is 1. The number of carbonyl (C=O) groups is 2. The number of rotatable bonds is 8. The third kappa shape index (κ3) is 6.02. The highest BCUT2D eigenvalue weighted by Gasteiger charge is 2.44. The number of pyridine rings is 1. The fourth-order valence-electron chi connectivity index (χ4n) is 4.66. The largest absolute Gasteiger partial charge is 0.492 e. The molecule has 204 valence electrons. The summed E-state index contributed by atoms with van der Waals surface area (Å²) in [6.45, 7) is 9.43. The number of nitrogens with one attached hydrogen (secondary N) is 1. The van der Waals surface area contributed by atoms with E-state index in [-0.39, 0.29) is 18.3 Å². The van der Waals surface area contributed by atoms with Gasteiger partial charge in [-0.1, -0.05) is 0 Å². The van der Waals surface area contributed by atoms with Crippen LogP contribution in [0, 0.1) is 12.8 Å². The standard InChI is InChI=1S/C29H33N5O5/c1-4-37-29(36)25-26(35)24(17-20-18-31-27-22(20)6-5-9-30-27)39-28(25)32-23-8-7-21(16-19(23)2)38-15-14-34-12-10-33(3)11-13-34/h5-9,16-18,25H,4,10-15H2,1-3H3,(H,30,31)/b24-17-,32-28?. The first-order chi connectivity index (χ1) is 18.9. The lowest BCUT2D eigenvalue weighted by molar-refractivity contribution is -0.147. The number of piperazine rings is 1. The Morgan fingerprint density at radius 3 is 2.85 bits per heavy atom. The van der Waals surface area contributed by atoms with E-state index in [1.54, 1.807) is 31.5 Å². The molecule has 0 aliphatic carbocycles. The lowest BCUT2D eigenvalue weighted by atomic mass is 10.0. The minimum absolute atomic E-state index is 0.00509. The van der Waals surface area contributed by atoms with Gasteiger partial charge in [-0.25, -0.2) is 9.98 Å². The molecule has 2 saturated heterocycles. The van der Waals surface area contributed by atoms with Crippen molar-refractivity contribution in [2.45, 2.75) is 13.8 Å². The number of aromatic nitrogens is 2. The van der Waals surface area contributed by atoms with Crippen LogP contribution >= 0.6 is 0 Å². The van der Waals surface area contributed by atoms with Crippen molar-refractivity contribution < 1.29 is 23.8 Å². The number of Topliss-reactive ketones (excluding diaryl/α,β-unsaturated/α-hetero) is 1. The van der Waals surface area contributed by atoms with E-state index in [2.05, 4.69) is 31.8 Å². The molecule has 2 aromatic heterocycles. The summed E-state index contributed by atoms with van der Waals surface area (Å²) in [6.07, 6.45) is 5.02. The number of hydrogen-bond acceptors (Lipinski definition) is 9. The van der Waals surface area contributed by atoms with Gasteiger partial charge in [-0.15, -0.1) is 0 Å². The zero-order valence-electron chi connectivity index (χ0n) is 22.5. The molecule has 2 aliphatic rings. The number of ether oxygens (including phenoxy) is 3. The minimum Gasteiger partial charge on any atom is -0.492 e. The van der Waals surface area contributed by atoms with E-state index in [0.29, 0.717) is 17.9 Å². The molecule has 2 aliphatic heterocycles. The normalized spacial score (nSPS) is 20.6. The van der Waals surface area contributed by atoms with Gasteiger partial charge in [-0.2, -0.15) is 0 Å². The summed E-state index contributed by atoms with van der Waals surface area (Å²) < 4.78 is 17.0. The lowest BCUT2D eigenvalue weighted by Crippen LogP contribution is -2.45. The molecule has 1 unspecified atom stereocenters. The Morgan fingerprint density at radius 2 is 2.08 bits per heavy atom. The zero-order valence-corrected chi connectivity index (χ0v) is 22.5. The second kappa shape index (κ2) is 11.8. The topological polar surface area (TPSA) is 109 Å². The van der Waals surface area contributed by atoms with Gasteiger partial charge in [0.15, 0.2) is 11.7 Å². The summed E-state index contributed by atoms with van der Waals surface area (Å²) in [6, 6.07) is 9.24. The first-order valence-electron chi connectivity index (χ1n) is 13.2. The first kappa shape index (κ1) is 26.6. The van der Waals surface area contributed by atoms with Gasteiger partial charge in [0.1, 0.15) is 18.0 Å². The molecular weight excluding hydrogens is 498 g/mol. The highest BCUT2D eigenvalue weighted by atomic mass is 16.5. The molecule has 3 aromatic rings. The highest BCUT2D eigenvalue weighted by Crippen LogP contribution is 2.31. The van der Waals surface area contributed by atoms with E-state index in [4.69, 9.17) is 14.2 Å². The quantitative estimate of drug-likeness (QED) is 0.268. The molecular formula is C29H33N5O5. The van der Waals surface area contributed by atoms with Crippen molar-refractivity contribution in [2.75, 3.05) is 53.0 Å². The van der Waals surface area contributed by atoms with Gasteiger partial charge in [0.2, 0.25) is 11.7 Å². The van der Waals surface area contributed by atoms with Gasteiger partial charge in [0.05, 0.1) is 12.3 Å². The molecule has 1 N–H and O–H groups in total. The summed E-state index contributed by atoms with van der Waals surface area (Å²) in [5.74, 6) is -1.69. The van der Waals surface area contributed by atoms with E-state index in [9.17, 15) is 9.59 Å². The number of hydrogen-bond donors (Lipinski definition) is 1. The Kier molecular flexibility index (Phi) is 8.04. The number of aromatic amines is 1. The second-order valence-electron chi connectivity index (χ2n) is 9.70. The Hall–Kier alpha value is -4.02. The van der Waals surface area contributed by atoms with Gasteiger partial charge in [0, 0.05) is 56.1 Å². The summed E-state index contributed by atoms with van der Waals surface area (Å²) in [5.41, 5.74) is 2.82. The summed E-state index contributed by atoms with van der Waals surface area (Å²) >= 11 is 0. The van der Waals surface area contributed by atoms with Gasteiger partial charge < -0.3 is 24.1 Å². The van der Waals surface area contributed by atoms with Crippen LogP contribution in [0.25, 0.3) is 17.1 Å². The Balaban J connectivity index is 1.34. The smallest absolute Gasteiger partial charge is 0.326 e. The van der Waals surface area contributed by atoms with E-state index in [1.807, 2.05) is 31.2 Å². The van der Waals surface area contributed by atoms with Gasteiger partial charge in [-0.3, -0.25) is 14.5 Å². The number of aliphatic imine (C=N–C) groups is 1. The monoisotopic (exact) mass is 531 g/mol. The van der Waals surface area contributed by atoms with E-state index in [1.165, 1.54) is 0 Å². The molecule has 39 heavy (non-hydrogen) atoms. The predicted molar refractivity (Wildman–Crippen MR) is 148 cm³/mol. The molecule has 5 rings (SSSR count). The maximum Gasteiger partial charge on any atom is 0.326 e. The maximum absolute atomic E-state index is 13.3. The molecule has 0 bridgehead atoms. The van der Waals surface area contributed by atoms with Crippen molar-refractivity contribution >= 4 is 40.4 Å². The molecule has 1 atom stereocenters. The number of ketones is 1. The highest BCUT2D eigenvalue weighted by molar-refractivity contribution is 6.27. The number of aryl methyl sites for hydroxylation is 1. The number of benzene rings is 1. The molecule has 0 amide bonds. The fourth-order valence-corrected chi connectivity index (χ4v) is 4.66. The van der Waals surface area contributed by atoms with Crippen molar-refractivity contribution in [3.8, 4) is 5.75 Å². The third-order valence-electron chi connectivity index (χ3n) is 6.93. The number of likely N-dealkylation sites (N-methyl/N-ethyl adjacent to an activating group) is 1. The van der Waals surface area contributed by atoms with Crippen LogP contribution < -0.4 is 4.74 Å². The average Bonchev–Trinajstić information content (AvgIpc) is 3.47. The maximum atomic E-state index is 13.3. The van der Waals surface area contributed by atoms with Gasteiger partial charge in [-0.05, 0) is 62.9 Å². The Bertz CT molecular complexity index is 1420. The molecule has 0 radical (unpaired) electrons. The molecule has 10 nitrogen and oxygen atoms in total. The van der Waals surface area contributed by atoms with Crippen molar-refractivity contribution in [2.24, 2.45) is 10.9 Å². The number of esters is 1. The molecule has 1 aromatic carbocycles. The number of carbonyl (C=O) groups excluding carboxylic acids is 2. The van der Waals surface area contributed by atoms with Gasteiger partial charge >= 0.3 is 5.97 Å². The first-order valence-corrected chi connectivity index (χ1v) is 13.2.